The standard InChI is InChI=1S/C11H21NOS2/c1-15-11(6-3-2-4-7-11)9-12-10(13)5-8-14/h14H,2-9H2,1H3,(H,12,13). The van der Waals surface area contributed by atoms with Crippen LogP contribution in [0.25, 0.3) is 0 Å². The second-order valence-electron chi connectivity index (χ2n) is 4.20. The molecule has 0 unspecified atom stereocenters. The molecule has 2 nitrogen and oxygen atoms in total. The van der Waals surface area contributed by atoms with Crippen LogP contribution < -0.4 is 5.32 Å². The normalized spacial score (nSPS) is 19.9. The molecule has 4 heteroatoms. The molecule has 0 saturated heterocycles. The third kappa shape index (κ3) is 4.27. The summed E-state index contributed by atoms with van der Waals surface area (Å²) in [4.78, 5) is 11.4. The second kappa shape index (κ2) is 6.69. The number of hydrogen-bond acceptors (Lipinski definition) is 3. The minimum atomic E-state index is 0.143. The fourth-order valence-electron chi connectivity index (χ4n) is 2.10. The highest BCUT2D eigenvalue weighted by Gasteiger charge is 2.31. The summed E-state index contributed by atoms with van der Waals surface area (Å²) in [5, 5.41) is 3.04. The first-order valence-electron chi connectivity index (χ1n) is 5.65. The van der Waals surface area contributed by atoms with Gasteiger partial charge >= 0.3 is 0 Å². The van der Waals surface area contributed by atoms with Gasteiger partial charge < -0.3 is 5.32 Å². The van der Waals surface area contributed by atoms with Gasteiger partial charge in [-0.1, -0.05) is 19.3 Å². The molecule has 0 aromatic heterocycles. The molecule has 1 fully saturated rings. The monoisotopic (exact) mass is 247 g/mol. The Balaban J connectivity index is 2.35. The van der Waals surface area contributed by atoms with Gasteiger partial charge in [0.25, 0.3) is 0 Å². The second-order valence-corrected chi connectivity index (χ2v) is 5.92. The number of carbonyl (C=O) groups is 1. The van der Waals surface area contributed by atoms with Crippen LogP contribution in [0, 0.1) is 0 Å². The number of rotatable bonds is 5. The van der Waals surface area contributed by atoms with Crippen molar-refractivity contribution in [3.05, 3.63) is 0 Å². The van der Waals surface area contributed by atoms with Crippen LogP contribution in [0.3, 0.4) is 0 Å². The van der Waals surface area contributed by atoms with Crippen LogP contribution in [-0.4, -0.2) is 29.2 Å². The summed E-state index contributed by atoms with van der Waals surface area (Å²) in [7, 11) is 0. The van der Waals surface area contributed by atoms with Gasteiger partial charge in [-0.15, -0.1) is 0 Å². The molecule has 0 aliphatic heterocycles. The van der Waals surface area contributed by atoms with E-state index in [0.29, 0.717) is 16.9 Å². The summed E-state index contributed by atoms with van der Waals surface area (Å²) in [5.74, 6) is 0.780. The fourth-order valence-corrected chi connectivity index (χ4v) is 3.22. The summed E-state index contributed by atoms with van der Waals surface area (Å²) in [5.41, 5.74) is 0. The molecule has 88 valence electrons. The van der Waals surface area contributed by atoms with Crippen LogP contribution in [0.1, 0.15) is 38.5 Å². The molecule has 0 bridgehead atoms. The highest BCUT2D eigenvalue weighted by atomic mass is 32.2. The smallest absolute Gasteiger partial charge is 0.220 e. The lowest BCUT2D eigenvalue weighted by Gasteiger charge is -2.35. The molecule has 15 heavy (non-hydrogen) atoms. The third-order valence-electron chi connectivity index (χ3n) is 3.14. The van der Waals surface area contributed by atoms with Gasteiger partial charge in [0.05, 0.1) is 0 Å². The van der Waals surface area contributed by atoms with E-state index in [-0.39, 0.29) is 5.91 Å². The molecule has 1 aliphatic carbocycles. The SMILES string of the molecule is CSC1(CNC(=O)CCS)CCCCC1. The number of carbonyl (C=O) groups excluding carboxylic acids is 1. The van der Waals surface area contributed by atoms with Crippen LogP contribution in [0.5, 0.6) is 0 Å². The predicted octanol–water partition coefficient (Wildman–Crippen LogP) is 2.49. The molecule has 1 rings (SSSR count). The van der Waals surface area contributed by atoms with E-state index in [1.54, 1.807) is 0 Å². The summed E-state index contributed by atoms with van der Waals surface area (Å²) in [6.07, 6.45) is 9.16. The molecule has 0 heterocycles. The lowest BCUT2D eigenvalue weighted by atomic mass is 9.88. The van der Waals surface area contributed by atoms with Crippen molar-refractivity contribution in [3.63, 3.8) is 0 Å². The quantitative estimate of drug-likeness (QED) is 0.731. The van der Waals surface area contributed by atoms with Gasteiger partial charge in [-0.25, -0.2) is 0 Å². The molecule has 0 radical (unpaired) electrons. The first-order valence-corrected chi connectivity index (χ1v) is 7.51. The van der Waals surface area contributed by atoms with Crippen LogP contribution in [0.4, 0.5) is 0 Å². The van der Waals surface area contributed by atoms with Crippen LogP contribution in [0.15, 0.2) is 0 Å². The lowest BCUT2D eigenvalue weighted by molar-refractivity contribution is -0.120. The Bertz CT molecular complexity index is 203. The molecular formula is C11H21NOS2. The number of thioether (sulfide) groups is 1. The molecule has 0 aromatic rings. The number of amides is 1. The van der Waals surface area contributed by atoms with Crippen LogP contribution in [0.2, 0.25) is 0 Å². The van der Waals surface area contributed by atoms with Crippen molar-refractivity contribution in [2.75, 3.05) is 18.6 Å². The number of nitrogens with one attached hydrogen (secondary N) is 1. The maximum Gasteiger partial charge on any atom is 0.220 e. The van der Waals surface area contributed by atoms with Gasteiger partial charge in [-0.05, 0) is 24.9 Å². The van der Waals surface area contributed by atoms with Crippen molar-refractivity contribution in [2.45, 2.75) is 43.3 Å². The number of hydrogen-bond donors (Lipinski definition) is 2. The zero-order valence-electron chi connectivity index (χ0n) is 9.42. The van der Waals surface area contributed by atoms with E-state index < -0.39 is 0 Å². The van der Waals surface area contributed by atoms with E-state index in [4.69, 9.17) is 0 Å². The Morgan fingerprint density at radius 1 is 1.40 bits per heavy atom. The first kappa shape index (κ1) is 13.2. The van der Waals surface area contributed by atoms with E-state index in [9.17, 15) is 4.79 Å². The van der Waals surface area contributed by atoms with Gasteiger partial charge in [-0.2, -0.15) is 24.4 Å². The third-order valence-corrected chi connectivity index (χ3v) is 4.79. The Hall–Kier alpha value is 0.170. The molecule has 1 saturated carbocycles. The molecule has 1 N–H and O–H groups in total. The topological polar surface area (TPSA) is 29.1 Å². The highest BCUT2D eigenvalue weighted by Crippen LogP contribution is 2.37. The Kier molecular flexibility index (Phi) is 5.90. The van der Waals surface area contributed by atoms with E-state index in [0.717, 1.165) is 6.54 Å². The van der Waals surface area contributed by atoms with Crippen molar-refractivity contribution in [2.24, 2.45) is 0 Å². The van der Waals surface area contributed by atoms with Crippen LogP contribution >= 0.6 is 24.4 Å². The first-order chi connectivity index (χ1) is 7.22. The van der Waals surface area contributed by atoms with Crippen molar-refractivity contribution < 1.29 is 4.79 Å². The molecule has 1 aliphatic rings. The van der Waals surface area contributed by atoms with Gasteiger partial charge in [0.1, 0.15) is 0 Å². The van der Waals surface area contributed by atoms with Gasteiger partial charge in [-0.3, -0.25) is 4.79 Å². The summed E-state index contributed by atoms with van der Waals surface area (Å²) in [6, 6.07) is 0. The Morgan fingerprint density at radius 2 is 2.07 bits per heavy atom. The Morgan fingerprint density at radius 3 is 2.60 bits per heavy atom. The van der Waals surface area contributed by atoms with Gasteiger partial charge in [0, 0.05) is 17.7 Å². The summed E-state index contributed by atoms with van der Waals surface area (Å²) >= 11 is 5.98. The average Bonchev–Trinajstić information content (AvgIpc) is 2.28. The lowest BCUT2D eigenvalue weighted by Crippen LogP contribution is -2.41. The number of thiol groups is 1. The van der Waals surface area contributed by atoms with Crippen molar-refractivity contribution >= 4 is 30.3 Å². The summed E-state index contributed by atoms with van der Waals surface area (Å²) in [6.45, 7) is 0.834. The van der Waals surface area contributed by atoms with E-state index in [2.05, 4.69) is 24.2 Å². The van der Waals surface area contributed by atoms with Gasteiger partial charge in [0.2, 0.25) is 5.91 Å². The highest BCUT2D eigenvalue weighted by molar-refractivity contribution is 8.00. The van der Waals surface area contributed by atoms with Crippen molar-refractivity contribution in [1.29, 1.82) is 0 Å². The van der Waals surface area contributed by atoms with Crippen LogP contribution in [-0.2, 0) is 4.79 Å². The van der Waals surface area contributed by atoms with E-state index >= 15 is 0 Å². The molecular weight excluding hydrogens is 226 g/mol. The Labute approximate surface area is 102 Å². The maximum atomic E-state index is 11.4. The molecule has 0 aromatic carbocycles. The average molecular weight is 247 g/mol. The van der Waals surface area contributed by atoms with Gasteiger partial charge in [0.15, 0.2) is 0 Å². The van der Waals surface area contributed by atoms with Crippen molar-refractivity contribution in [3.8, 4) is 0 Å². The van der Waals surface area contributed by atoms with E-state index in [1.807, 2.05) is 11.8 Å². The maximum absolute atomic E-state index is 11.4. The zero-order chi connectivity index (χ0) is 11.1. The van der Waals surface area contributed by atoms with E-state index in [1.165, 1.54) is 32.1 Å². The zero-order valence-corrected chi connectivity index (χ0v) is 11.1. The predicted molar refractivity (Wildman–Crippen MR) is 70.8 cm³/mol. The summed E-state index contributed by atoms with van der Waals surface area (Å²) < 4.78 is 0.310. The minimum absolute atomic E-state index is 0.143. The molecule has 1 amide bonds. The molecule has 0 spiro atoms. The fraction of sp³-hybridized carbons (Fsp3) is 0.909. The largest absolute Gasteiger partial charge is 0.355 e. The molecule has 0 atom stereocenters. The van der Waals surface area contributed by atoms with Crippen molar-refractivity contribution in [1.82, 2.24) is 5.32 Å². The minimum Gasteiger partial charge on any atom is -0.355 e.